The van der Waals surface area contributed by atoms with Gasteiger partial charge in [-0.15, -0.1) is 0 Å². The van der Waals surface area contributed by atoms with Crippen LogP contribution >= 0.6 is 0 Å². The van der Waals surface area contributed by atoms with Crippen LogP contribution in [0.5, 0.6) is 0 Å². The Morgan fingerprint density at radius 3 is 2.26 bits per heavy atom. The summed E-state index contributed by atoms with van der Waals surface area (Å²) in [4.78, 5) is 3.79. The summed E-state index contributed by atoms with van der Waals surface area (Å²) in [6.45, 7) is 2.65. The van der Waals surface area contributed by atoms with Gasteiger partial charge >= 0.3 is 0 Å². The minimum atomic E-state index is -3.82. The molecule has 1 unspecified atom stereocenters. The van der Waals surface area contributed by atoms with Crippen molar-refractivity contribution in [2.75, 3.05) is 5.75 Å². The molecule has 1 atom stereocenters. The van der Waals surface area contributed by atoms with E-state index in [-0.39, 0.29) is 17.9 Å². The molecule has 0 aliphatic rings. The lowest BCUT2D eigenvalue weighted by atomic mass is 9.71. The number of nitrogens with zero attached hydrogens (tertiary/aromatic N) is 3. The third-order valence-electron chi connectivity index (χ3n) is 5.23. The van der Waals surface area contributed by atoms with Crippen LogP contribution in [-0.4, -0.2) is 34.0 Å². The maximum atomic E-state index is 14.7. The second-order valence-corrected chi connectivity index (χ2v) is 10.2. The first-order valence-corrected chi connectivity index (χ1v) is 11.2. The van der Waals surface area contributed by atoms with Gasteiger partial charge in [0.1, 0.15) is 35.7 Å². The summed E-state index contributed by atoms with van der Waals surface area (Å²) in [5, 5.41) is 15.6. The molecule has 10 heteroatoms. The van der Waals surface area contributed by atoms with Crippen molar-refractivity contribution in [3.05, 3.63) is 83.7 Å². The lowest BCUT2D eigenvalue weighted by Crippen LogP contribution is -2.49. The molecule has 166 valence electrons. The Kier molecular flexibility index (Phi) is 6.24. The van der Waals surface area contributed by atoms with Crippen LogP contribution in [0.2, 0.25) is 0 Å². The lowest BCUT2D eigenvalue weighted by molar-refractivity contribution is -0.0812. The highest BCUT2D eigenvalue weighted by Gasteiger charge is 2.49. The number of aliphatic hydroxyl groups is 1. The minimum absolute atomic E-state index is 0.258. The fraction of sp³-hybridized carbons (Fsp3) is 0.333. The van der Waals surface area contributed by atoms with E-state index in [2.05, 4.69) is 10.1 Å². The van der Waals surface area contributed by atoms with E-state index in [1.807, 2.05) is 0 Å². The number of hydrogen-bond acceptors (Lipinski definition) is 5. The van der Waals surface area contributed by atoms with Crippen LogP contribution in [0.4, 0.5) is 13.2 Å². The van der Waals surface area contributed by atoms with Crippen molar-refractivity contribution in [3.8, 4) is 0 Å². The van der Waals surface area contributed by atoms with Crippen molar-refractivity contribution in [2.45, 2.75) is 31.7 Å². The van der Waals surface area contributed by atoms with E-state index in [1.54, 1.807) is 0 Å². The molecule has 0 amide bonds. The van der Waals surface area contributed by atoms with Gasteiger partial charge in [0, 0.05) is 17.0 Å². The molecular weight excluding hydrogens is 431 g/mol. The van der Waals surface area contributed by atoms with Gasteiger partial charge in [-0.05, 0) is 23.8 Å². The van der Waals surface area contributed by atoms with Gasteiger partial charge in [0.25, 0.3) is 0 Å². The highest BCUT2D eigenvalue weighted by molar-refractivity contribution is 7.90. The van der Waals surface area contributed by atoms with Crippen molar-refractivity contribution in [1.29, 1.82) is 0 Å². The number of rotatable bonds is 8. The Morgan fingerprint density at radius 1 is 1.03 bits per heavy atom. The van der Waals surface area contributed by atoms with Crippen LogP contribution in [0, 0.1) is 22.9 Å². The molecule has 1 heterocycles. The van der Waals surface area contributed by atoms with Gasteiger partial charge in [-0.3, -0.25) is 0 Å². The molecule has 3 aromatic rings. The molecule has 2 aromatic carbocycles. The summed E-state index contributed by atoms with van der Waals surface area (Å²) in [7, 11) is -3.82. The molecule has 1 N–H and O–H groups in total. The molecular formula is C21H22F3N3O3S. The summed E-state index contributed by atoms with van der Waals surface area (Å²) in [6.07, 6.45) is 2.52. The molecule has 0 fully saturated rings. The fourth-order valence-electron chi connectivity index (χ4n) is 3.59. The predicted molar refractivity (Wildman–Crippen MR) is 108 cm³/mol. The third-order valence-corrected chi connectivity index (χ3v) is 7.17. The highest BCUT2D eigenvalue weighted by Crippen LogP contribution is 2.43. The standard InChI is InChI=1S/C21H22F3N3O3S/c1-20(2,12-31(29,30)10-15-3-5-16(22)6-4-15)21(28,11-27-14-25-13-26-27)18-8-7-17(23)9-19(18)24/h3-9,13-14,28H,10-12H2,1-2H3. The smallest absolute Gasteiger partial charge is 0.155 e. The number of benzene rings is 2. The zero-order chi connectivity index (χ0) is 22.9. The van der Waals surface area contributed by atoms with Gasteiger partial charge in [-0.2, -0.15) is 5.10 Å². The average Bonchev–Trinajstić information content (AvgIpc) is 3.15. The second kappa shape index (κ2) is 8.43. The van der Waals surface area contributed by atoms with Gasteiger partial charge in [-0.1, -0.05) is 32.0 Å². The van der Waals surface area contributed by atoms with Gasteiger partial charge in [0.15, 0.2) is 9.84 Å². The molecule has 0 aliphatic carbocycles. The van der Waals surface area contributed by atoms with Crippen molar-refractivity contribution in [1.82, 2.24) is 14.8 Å². The van der Waals surface area contributed by atoms with Crippen molar-refractivity contribution in [3.63, 3.8) is 0 Å². The first-order chi connectivity index (χ1) is 14.4. The molecule has 31 heavy (non-hydrogen) atoms. The zero-order valence-electron chi connectivity index (χ0n) is 17.0. The van der Waals surface area contributed by atoms with E-state index in [1.165, 1.54) is 43.3 Å². The lowest BCUT2D eigenvalue weighted by Gasteiger charge is -2.43. The number of aromatic nitrogens is 3. The highest BCUT2D eigenvalue weighted by atomic mass is 32.2. The van der Waals surface area contributed by atoms with E-state index in [9.17, 15) is 26.7 Å². The van der Waals surface area contributed by atoms with E-state index in [4.69, 9.17) is 0 Å². The van der Waals surface area contributed by atoms with E-state index < -0.39 is 44.1 Å². The van der Waals surface area contributed by atoms with Gasteiger partial charge in [0.05, 0.1) is 18.1 Å². The van der Waals surface area contributed by atoms with Crippen LogP contribution in [-0.2, 0) is 27.7 Å². The monoisotopic (exact) mass is 453 g/mol. The predicted octanol–water partition coefficient (Wildman–Crippen LogP) is 3.22. The van der Waals surface area contributed by atoms with Gasteiger partial charge in [0.2, 0.25) is 0 Å². The van der Waals surface area contributed by atoms with Crippen LogP contribution < -0.4 is 0 Å². The molecule has 3 rings (SSSR count). The Bertz CT molecular complexity index is 1150. The second-order valence-electron chi connectivity index (χ2n) is 8.12. The average molecular weight is 453 g/mol. The summed E-state index contributed by atoms with van der Waals surface area (Å²) < 4.78 is 68.4. The molecule has 0 spiro atoms. The Labute approximate surface area is 178 Å². The summed E-state index contributed by atoms with van der Waals surface area (Å²) in [5.74, 6) is -3.24. The quantitative estimate of drug-likeness (QED) is 0.566. The van der Waals surface area contributed by atoms with Crippen molar-refractivity contribution < 1.29 is 26.7 Å². The Hall–Kier alpha value is -2.72. The number of halogens is 3. The number of hydrogen-bond donors (Lipinski definition) is 1. The van der Waals surface area contributed by atoms with E-state index in [0.29, 0.717) is 11.6 Å². The fourth-order valence-corrected chi connectivity index (χ4v) is 5.73. The topological polar surface area (TPSA) is 85.1 Å². The third kappa shape index (κ3) is 5.13. The first-order valence-electron chi connectivity index (χ1n) is 9.37. The van der Waals surface area contributed by atoms with Crippen LogP contribution in [0.1, 0.15) is 25.0 Å². The van der Waals surface area contributed by atoms with Crippen LogP contribution in [0.25, 0.3) is 0 Å². The molecule has 0 saturated carbocycles. The zero-order valence-corrected chi connectivity index (χ0v) is 17.8. The van der Waals surface area contributed by atoms with E-state index in [0.717, 1.165) is 24.3 Å². The normalized spacial score (nSPS) is 14.4. The largest absolute Gasteiger partial charge is 0.383 e. The molecule has 0 bridgehead atoms. The Morgan fingerprint density at radius 2 is 1.68 bits per heavy atom. The summed E-state index contributed by atoms with van der Waals surface area (Å²) >= 11 is 0. The van der Waals surface area contributed by atoms with Gasteiger partial charge in [-0.25, -0.2) is 31.3 Å². The summed E-state index contributed by atoms with van der Waals surface area (Å²) in [5.41, 5.74) is -3.39. The maximum Gasteiger partial charge on any atom is 0.155 e. The van der Waals surface area contributed by atoms with Crippen molar-refractivity contribution >= 4 is 9.84 Å². The molecule has 0 radical (unpaired) electrons. The van der Waals surface area contributed by atoms with Crippen LogP contribution in [0.15, 0.2) is 55.1 Å². The first kappa shape index (κ1) is 23.0. The van der Waals surface area contributed by atoms with E-state index >= 15 is 0 Å². The van der Waals surface area contributed by atoms with Crippen molar-refractivity contribution in [2.24, 2.45) is 5.41 Å². The molecule has 0 aliphatic heterocycles. The van der Waals surface area contributed by atoms with Crippen LogP contribution in [0.3, 0.4) is 0 Å². The summed E-state index contributed by atoms with van der Waals surface area (Å²) in [6, 6.07) is 7.76. The maximum absolute atomic E-state index is 14.7. The molecule has 0 saturated heterocycles. The Balaban J connectivity index is 1.99. The molecule has 1 aromatic heterocycles. The minimum Gasteiger partial charge on any atom is -0.383 e. The SMILES string of the molecule is CC(C)(CS(=O)(=O)Cc1ccc(F)cc1)C(O)(Cn1cncn1)c1ccc(F)cc1F. The van der Waals surface area contributed by atoms with Gasteiger partial charge < -0.3 is 5.11 Å². The number of sulfone groups is 1. The molecule has 6 nitrogen and oxygen atoms in total.